The smallest absolute Gasteiger partial charge is 0.0464 e. The van der Waals surface area contributed by atoms with Gasteiger partial charge in [-0.15, -0.1) is 0 Å². The first kappa shape index (κ1) is 34.1. The van der Waals surface area contributed by atoms with Crippen LogP contribution < -0.4 is 9.80 Å². The summed E-state index contributed by atoms with van der Waals surface area (Å²) in [4.78, 5) is 4.64. The summed E-state index contributed by atoms with van der Waals surface area (Å²) in [6, 6.07) is 60.6. The molecule has 0 aliphatic heterocycles. The van der Waals surface area contributed by atoms with E-state index in [0.717, 1.165) is 34.1 Å². The molecule has 0 N–H and O–H groups in total. The van der Waals surface area contributed by atoms with Crippen LogP contribution in [0.3, 0.4) is 0 Å². The predicted octanol–water partition coefficient (Wildman–Crippen LogP) is 14.2. The lowest BCUT2D eigenvalue weighted by Crippen LogP contribution is -2.10. The summed E-state index contributed by atoms with van der Waals surface area (Å²) in [5.74, 6) is 0. The molecule has 2 heteroatoms. The maximum absolute atomic E-state index is 2.32. The molecule has 0 saturated carbocycles. The zero-order valence-electron chi connectivity index (χ0n) is 30.4. The van der Waals surface area contributed by atoms with Gasteiger partial charge in [0, 0.05) is 34.1 Å². The van der Waals surface area contributed by atoms with Gasteiger partial charge in [0.15, 0.2) is 0 Å². The molecule has 7 aromatic carbocycles. The predicted molar refractivity (Wildman–Crippen MR) is 225 cm³/mol. The molecule has 7 aromatic rings. The number of hydrogen-bond donors (Lipinski definition) is 0. The Morgan fingerprint density at radius 2 is 0.692 bits per heavy atom. The van der Waals surface area contributed by atoms with Gasteiger partial charge in [-0.2, -0.15) is 0 Å². The highest BCUT2D eigenvalue weighted by molar-refractivity contribution is 5.82. The second-order valence-electron chi connectivity index (χ2n) is 13.4. The number of para-hydroxylation sites is 2. The molecule has 254 valence electrons. The van der Waals surface area contributed by atoms with Crippen LogP contribution in [0, 0.1) is 27.7 Å². The number of benzene rings is 7. The van der Waals surface area contributed by atoms with Gasteiger partial charge in [-0.1, -0.05) is 115 Å². The normalized spacial score (nSPS) is 11.3. The maximum Gasteiger partial charge on any atom is 0.0464 e. The number of aryl methyl sites for hydroxylation is 4. The van der Waals surface area contributed by atoms with E-state index in [0.29, 0.717) is 0 Å². The van der Waals surface area contributed by atoms with E-state index in [1.54, 1.807) is 0 Å². The van der Waals surface area contributed by atoms with E-state index in [1.807, 2.05) is 0 Å². The summed E-state index contributed by atoms with van der Waals surface area (Å²) >= 11 is 0. The molecule has 0 aliphatic rings. The Balaban J connectivity index is 1.09. The first-order chi connectivity index (χ1) is 25.4. The molecule has 0 radical (unpaired) electrons. The van der Waals surface area contributed by atoms with Crippen LogP contribution in [0.2, 0.25) is 0 Å². The fourth-order valence-corrected chi connectivity index (χ4v) is 6.69. The fraction of sp³-hybridized carbons (Fsp3) is 0.0800. The van der Waals surface area contributed by atoms with Gasteiger partial charge in [0.1, 0.15) is 0 Å². The van der Waals surface area contributed by atoms with Crippen LogP contribution in [-0.4, -0.2) is 0 Å². The average Bonchev–Trinajstić information content (AvgIpc) is 3.16. The third-order valence-corrected chi connectivity index (χ3v) is 9.39. The van der Waals surface area contributed by atoms with E-state index >= 15 is 0 Å². The van der Waals surface area contributed by atoms with Crippen LogP contribution in [0.4, 0.5) is 34.1 Å². The molecule has 0 aliphatic carbocycles. The molecule has 0 amide bonds. The zero-order valence-corrected chi connectivity index (χ0v) is 30.4. The molecule has 0 saturated heterocycles. The first-order valence-electron chi connectivity index (χ1n) is 17.9. The number of rotatable bonds is 10. The van der Waals surface area contributed by atoms with Crippen molar-refractivity contribution in [3.8, 4) is 0 Å². The lowest BCUT2D eigenvalue weighted by atomic mass is 10.0. The highest BCUT2D eigenvalue weighted by Gasteiger charge is 2.14. The van der Waals surface area contributed by atoms with Crippen molar-refractivity contribution in [1.82, 2.24) is 0 Å². The third kappa shape index (κ3) is 7.98. The minimum Gasteiger partial charge on any atom is -0.310 e. The minimum absolute atomic E-state index is 1.14. The van der Waals surface area contributed by atoms with E-state index in [9.17, 15) is 0 Å². The van der Waals surface area contributed by atoms with Crippen molar-refractivity contribution in [2.75, 3.05) is 9.80 Å². The monoisotopic (exact) mass is 672 g/mol. The van der Waals surface area contributed by atoms with Gasteiger partial charge in [-0.3, -0.25) is 0 Å². The minimum atomic E-state index is 1.14. The highest BCUT2D eigenvalue weighted by atomic mass is 15.1. The topological polar surface area (TPSA) is 6.48 Å². The summed E-state index contributed by atoms with van der Waals surface area (Å²) in [5.41, 5.74) is 16.5. The summed E-state index contributed by atoms with van der Waals surface area (Å²) < 4.78 is 0. The van der Waals surface area contributed by atoms with Gasteiger partial charge in [-0.05, 0) is 151 Å². The molecule has 7 rings (SSSR count). The largest absolute Gasteiger partial charge is 0.310 e. The number of nitrogens with zero attached hydrogens (tertiary/aromatic N) is 2. The summed E-state index contributed by atoms with van der Waals surface area (Å²) in [5, 5.41) is 0. The zero-order chi connectivity index (χ0) is 35.9. The molecule has 0 bridgehead atoms. The molecule has 0 unspecified atom stereocenters. The van der Waals surface area contributed by atoms with Gasteiger partial charge in [0.25, 0.3) is 0 Å². The molecule has 0 spiro atoms. The SMILES string of the molecule is Cc1cccc(N(c2ccccc2)c2ccc(C=Cc3cccc(C=Cc4ccc(N(c5ccccc5)c5cccc(C)c5)cc4C)c3)c(C)c2)c1. The van der Waals surface area contributed by atoms with E-state index in [1.165, 1.54) is 44.5 Å². The Kier molecular flexibility index (Phi) is 10.3. The number of anilines is 6. The second-order valence-corrected chi connectivity index (χ2v) is 13.4. The summed E-state index contributed by atoms with van der Waals surface area (Å²) in [6.07, 6.45) is 8.85. The highest BCUT2D eigenvalue weighted by Crippen LogP contribution is 2.37. The lowest BCUT2D eigenvalue weighted by Gasteiger charge is -2.26. The van der Waals surface area contributed by atoms with Crippen LogP contribution >= 0.6 is 0 Å². The quantitative estimate of drug-likeness (QED) is 0.133. The van der Waals surface area contributed by atoms with Crippen LogP contribution in [0.15, 0.2) is 170 Å². The Bertz CT molecular complexity index is 2190. The van der Waals surface area contributed by atoms with Crippen molar-refractivity contribution >= 4 is 58.4 Å². The van der Waals surface area contributed by atoms with Crippen LogP contribution in [0.25, 0.3) is 24.3 Å². The molecule has 0 fully saturated rings. The molecular formula is C50H44N2. The van der Waals surface area contributed by atoms with Gasteiger partial charge < -0.3 is 9.80 Å². The van der Waals surface area contributed by atoms with Gasteiger partial charge in [0.2, 0.25) is 0 Å². The summed E-state index contributed by atoms with van der Waals surface area (Å²) in [7, 11) is 0. The average molecular weight is 673 g/mol. The van der Waals surface area contributed by atoms with Gasteiger partial charge in [0.05, 0.1) is 0 Å². The van der Waals surface area contributed by atoms with E-state index in [-0.39, 0.29) is 0 Å². The first-order valence-corrected chi connectivity index (χ1v) is 17.9. The molecule has 0 atom stereocenters. The van der Waals surface area contributed by atoms with Crippen LogP contribution in [0.1, 0.15) is 44.5 Å². The fourth-order valence-electron chi connectivity index (χ4n) is 6.69. The standard InChI is InChI=1S/C50H44N2/c1-37-14-11-22-47(32-37)51(45-18-7-5-8-19-45)49-30-28-43(39(3)34-49)26-24-41-16-13-17-42(36-41)25-27-44-29-31-50(35-40(44)4)52(46-20-9-6-10-21-46)48-23-12-15-38(2)33-48/h5-36H,1-4H3. The van der Waals surface area contributed by atoms with Crippen molar-refractivity contribution in [3.63, 3.8) is 0 Å². The van der Waals surface area contributed by atoms with Crippen molar-refractivity contribution in [2.24, 2.45) is 0 Å². The molecule has 52 heavy (non-hydrogen) atoms. The molecule has 2 nitrogen and oxygen atoms in total. The van der Waals surface area contributed by atoms with E-state index < -0.39 is 0 Å². The van der Waals surface area contributed by atoms with Crippen LogP contribution in [0.5, 0.6) is 0 Å². The Morgan fingerprint density at radius 1 is 0.308 bits per heavy atom. The van der Waals surface area contributed by atoms with Gasteiger partial charge in [-0.25, -0.2) is 0 Å². The third-order valence-electron chi connectivity index (χ3n) is 9.39. The second kappa shape index (κ2) is 15.7. The number of hydrogen-bond acceptors (Lipinski definition) is 2. The molecule has 0 heterocycles. The van der Waals surface area contributed by atoms with E-state index in [4.69, 9.17) is 0 Å². The molecule has 0 aromatic heterocycles. The van der Waals surface area contributed by atoms with Crippen molar-refractivity contribution in [2.45, 2.75) is 27.7 Å². The maximum atomic E-state index is 2.32. The van der Waals surface area contributed by atoms with Gasteiger partial charge >= 0.3 is 0 Å². The van der Waals surface area contributed by atoms with Crippen LogP contribution in [-0.2, 0) is 0 Å². The van der Waals surface area contributed by atoms with Crippen molar-refractivity contribution in [1.29, 1.82) is 0 Å². The molecular weight excluding hydrogens is 629 g/mol. The Hall–Kier alpha value is -6.38. The Labute approximate surface area is 309 Å². The van der Waals surface area contributed by atoms with Crippen molar-refractivity contribution in [3.05, 3.63) is 214 Å². The Morgan fingerprint density at radius 3 is 1.10 bits per heavy atom. The lowest BCUT2D eigenvalue weighted by molar-refractivity contribution is 1.26. The van der Waals surface area contributed by atoms with Crippen molar-refractivity contribution < 1.29 is 0 Å². The van der Waals surface area contributed by atoms with E-state index in [2.05, 4.69) is 232 Å². The summed E-state index contributed by atoms with van der Waals surface area (Å²) in [6.45, 7) is 8.66.